The molecule has 0 saturated heterocycles. The number of fused-ring (bicyclic) bond motifs is 1. The lowest BCUT2D eigenvalue weighted by Crippen LogP contribution is -2.41. The second kappa shape index (κ2) is 11.4. The van der Waals surface area contributed by atoms with Gasteiger partial charge in [-0.25, -0.2) is 9.37 Å². The van der Waals surface area contributed by atoms with Crippen molar-refractivity contribution in [3.63, 3.8) is 0 Å². The summed E-state index contributed by atoms with van der Waals surface area (Å²) >= 11 is 0. The summed E-state index contributed by atoms with van der Waals surface area (Å²) in [7, 11) is 1.93. The maximum absolute atomic E-state index is 14.4. The SMILES string of the molecule is C=C(O)[C@H]1C(C(=O)Nc2ccc(C(F)(F)F)cc2F)CCCC1C(C=N)=N/C=C/c1ccc2c(c1)nc(C)n2C. The number of hydrogen-bond acceptors (Lipinski definition) is 5. The number of carbonyl (C=O) groups excluding carboxylic acids is 1. The van der Waals surface area contributed by atoms with Crippen LogP contribution < -0.4 is 5.32 Å². The summed E-state index contributed by atoms with van der Waals surface area (Å²) in [6, 6.07) is 7.64. The fraction of sp³-hybridized carbons (Fsp3) is 0.310. The molecule has 1 aromatic heterocycles. The molecule has 3 N–H and O–H groups in total. The monoisotopic (exact) mass is 555 g/mol. The second-order valence-corrected chi connectivity index (χ2v) is 9.82. The third kappa shape index (κ3) is 5.98. The van der Waals surface area contributed by atoms with Gasteiger partial charge in [-0.3, -0.25) is 9.79 Å². The molecule has 1 aliphatic carbocycles. The third-order valence-corrected chi connectivity index (χ3v) is 7.32. The Morgan fingerprint density at radius 1 is 1.23 bits per heavy atom. The van der Waals surface area contributed by atoms with Crippen molar-refractivity contribution >= 4 is 40.6 Å². The number of aromatic nitrogens is 2. The van der Waals surface area contributed by atoms with Gasteiger partial charge in [0.15, 0.2) is 0 Å². The highest BCUT2D eigenvalue weighted by Gasteiger charge is 2.41. The normalized spacial score (nSPS) is 20.1. The molecule has 2 aromatic carbocycles. The van der Waals surface area contributed by atoms with Gasteiger partial charge in [0.05, 0.1) is 33.8 Å². The number of aryl methyl sites for hydroxylation is 2. The molecule has 1 heterocycles. The summed E-state index contributed by atoms with van der Waals surface area (Å²) in [6.07, 6.45) is 1.04. The van der Waals surface area contributed by atoms with Crippen molar-refractivity contribution in [2.75, 3.05) is 5.32 Å². The highest BCUT2D eigenvalue weighted by molar-refractivity contribution is 6.30. The van der Waals surface area contributed by atoms with Crippen molar-refractivity contribution in [2.45, 2.75) is 32.4 Å². The number of nitrogens with zero attached hydrogens (tertiary/aromatic N) is 3. The van der Waals surface area contributed by atoms with Crippen LogP contribution in [0.15, 0.2) is 59.9 Å². The van der Waals surface area contributed by atoms with E-state index in [1.165, 1.54) is 6.20 Å². The maximum atomic E-state index is 14.4. The number of imidazole rings is 1. The first-order chi connectivity index (χ1) is 18.9. The summed E-state index contributed by atoms with van der Waals surface area (Å²) in [5.74, 6) is -3.50. The first-order valence-electron chi connectivity index (χ1n) is 12.6. The van der Waals surface area contributed by atoms with Crippen molar-refractivity contribution in [1.29, 1.82) is 5.41 Å². The zero-order chi connectivity index (χ0) is 29.2. The highest BCUT2D eigenvalue weighted by atomic mass is 19.4. The quantitative estimate of drug-likeness (QED) is 0.169. The van der Waals surface area contributed by atoms with E-state index in [-0.39, 0.29) is 5.76 Å². The summed E-state index contributed by atoms with van der Waals surface area (Å²) in [6.45, 7) is 5.54. The topological polar surface area (TPSA) is 103 Å². The van der Waals surface area contributed by atoms with Gasteiger partial charge in [0.1, 0.15) is 11.6 Å². The summed E-state index contributed by atoms with van der Waals surface area (Å²) in [4.78, 5) is 22.1. The third-order valence-electron chi connectivity index (χ3n) is 7.32. The first-order valence-corrected chi connectivity index (χ1v) is 12.6. The minimum absolute atomic E-state index is 0.285. The Morgan fingerprint density at radius 2 is 1.95 bits per heavy atom. The Labute approximate surface area is 228 Å². The van der Waals surface area contributed by atoms with E-state index in [0.29, 0.717) is 37.1 Å². The summed E-state index contributed by atoms with van der Waals surface area (Å²) in [5.41, 5.74) is 1.43. The molecule has 1 saturated carbocycles. The van der Waals surface area contributed by atoms with E-state index in [0.717, 1.165) is 34.7 Å². The van der Waals surface area contributed by atoms with E-state index in [1.807, 2.05) is 36.7 Å². The van der Waals surface area contributed by atoms with E-state index < -0.39 is 46.9 Å². The molecule has 0 spiro atoms. The standard InChI is InChI=1S/C29H29F4N5O2/c1-16(39)27-20(25(15-34)35-12-11-18-7-10-26-24(13-18)36-17(2)38(26)3)5-4-6-21(27)28(40)37-23-9-8-19(14-22(23)30)29(31,32)33/h7-15,20-21,27,34,39H,1,4-6H2,2-3H3,(H,37,40)/b12-11+,34-15?,35-25?/t20?,21?,27-/m1/s1. The number of alkyl halides is 3. The number of hydrogen-bond donors (Lipinski definition) is 3. The minimum Gasteiger partial charge on any atom is -0.513 e. The van der Waals surface area contributed by atoms with Crippen LogP contribution in [-0.4, -0.2) is 32.5 Å². The number of amides is 1. The molecule has 3 atom stereocenters. The zero-order valence-electron chi connectivity index (χ0n) is 22.0. The molecule has 0 radical (unpaired) electrons. The molecule has 0 bridgehead atoms. The number of aliphatic imine (C=N–C) groups is 1. The molecular weight excluding hydrogens is 526 g/mol. The van der Waals surface area contributed by atoms with Gasteiger partial charge >= 0.3 is 6.18 Å². The lowest BCUT2D eigenvalue weighted by molar-refractivity contribution is -0.137. The van der Waals surface area contributed by atoms with Crippen molar-refractivity contribution in [3.05, 3.63) is 77.7 Å². The Kier molecular flexibility index (Phi) is 8.22. The summed E-state index contributed by atoms with van der Waals surface area (Å²) in [5, 5.41) is 20.7. The molecule has 11 heteroatoms. The van der Waals surface area contributed by atoms with Crippen molar-refractivity contribution < 1.29 is 27.5 Å². The fourth-order valence-electron chi connectivity index (χ4n) is 5.20. The molecule has 40 heavy (non-hydrogen) atoms. The van der Waals surface area contributed by atoms with Crippen LogP contribution in [0, 0.1) is 35.9 Å². The minimum atomic E-state index is -4.72. The van der Waals surface area contributed by atoms with E-state index in [2.05, 4.69) is 21.9 Å². The van der Waals surface area contributed by atoms with Crippen molar-refractivity contribution in [3.8, 4) is 0 Å². The van der Waals surface area contributed by atoms with Crippen LogP contribution in [0.5, 0.6) is 0 Å². The van der Waals surface area contributed by atoms with Gasteiger partial charge in [-0.1, -0.05) is 19.1 Å². The number of aliphatic hydroxyl groups excluding tert-OH is 1. The lowest BCUT2D eigenvalue weighted by Gasteiger charge is -2.36. The van der Waals surface area contributed by atoms with E-state index in [9.17, 15) is 27.5 Å². The van der Waals surface area contributed by atoms with Crippen LogP contribution in [0.25, 0.3) is 17.1 Å². The number of halogens is 4. The Morgan fingerprint density at radius 3 is 2.60 bits per heavy atom. The average molecular weight is 556 g/mol. The number of aliphatic hydroxyl groups is 1. The van der Waals surface area contributed by atoms with Gasteiger partial charge in [-0.2, -0.15) is 13.2 Å². The van der Waals surface area contributed by atoms with Crippen LogP contribution >= 0.6 is 0 Å². The van der Waals surface area contributed by atoms with Crippen molar-refractivity contribution in [1.82, 2.24) is 9.55 Å². The number of allylic oxidation sites excluding steroid dienone is 1. The van der Waals surface area contributed by atoms with Crippen molar-refractivity contribution in [2.24, 2.45) is 29.8 Å². The number of benzene rings is 2. The number of anilines is 1. The number of rotatable bonds is 7. The molecule has 7 nitrogen and oxygen atoms in total. The van der Waals surface area contributed by atoms with Crippen LogP contribution in [0.3, 0.4) is 0 Å². The number of nitrogens with one attached hydrogen (secondary N) is 2. The summed E-state index contributed by atoms with van der Waals surface area (Å²) < 4.78 is 55.0. The molecule has 2 unspecified atom stereocenters. The molecule has 210 valence electrons. The Hall–Kier alpha value is -4.28. The van der Waals surface area contributed by atoms with Gasteiger partial charge in [-0.05, 0) is 61.7 Å². The zero-order valence-corrected chi connectivity index (χ0v) is 22.0. The number of carbonyl (C=O) groups is 1. The predicted octanol–water partition coefficient (Wildman–Crippen LogP) is 6.84. The predicted molar refractivity (Wildman–Crippen MR) is 147 cm³/mol. The molecule has 4 rings (SSSR count). The largest absolute Gasteiger partial charge is 0.513 e. The van der Waals surface area contributed by atoms with Gasteiger partial charge in [0.2, 0.25) is 5.91 Å². The maximum Gasteiger partial charge on any atom is 0.416 e. The molecule has 1 aliphatic rings. The van der Waals surface area contributed by atoms with Gasteiger partial charge in [0, 0.05) is 37.2 Å². The van der Waals surface area contributed by atoms with E-state index >= 15 is 0 Å². The molecule has 1 amide bonds. The fourth-order valence-corrected chi connectivity index (χ4v) is 5.20. The first kappa shape index (κ1) is 28.7. The lowest BCUT2D eigenvalue weighted by atomic mass is 9.69. The van der Waals surface area contributed by atoms with E-state index in [1.54, 1.807) is 6.08 Å². The van der Waals surface area contributed by atoms with Crippen LogP contribution in [-0.2, 0) is 18.0 Å². The van der Waals surface area contributed by atoms with Gasteiger partial charge in [-0.15, -0.1) is 0 Å². The second-order valence-electron chi connectivity index (χ2n) is 9.82. The van der Waals surface area contributed by atoms with Crippen LogP contribution in [0.2, 0.25) is 0 Å². The molecule has 0 aliphatic heterocycles. The molecule has 1 fully saturated rings. The molecule has 3 aromatic rings. The highest BCUT2D eigenvalue weighted by Crippen LogP contribution is 2.40. The van der Waals surface area contributed by atoms with E-state index in [4.69, 9.17) is 5.41 Å². The average Bonchev–Trinajstić information content (AvgIpc) is 3.19. The Bertz CT molecular complexity index is 1520. The van der Waals surface area contributed by atoms with Crippen LogP contribution in [0.1, 0.15) is 36.2 Å². The van der Waals surface area contributed by atoms with Crippen LogP contribution in [0.4, 0.5) is 23.2 Å². The molecular formula is C29H29F4N5O2. The van der Waals surface area contributed by atoms with Gasteiger partial charge in [0.25, 0.3) is 0 Å². The van der Waals surface area contributed by atoms with Gasteiger partial charge < -0.3 is 20.4 Å². The Balaban J connectivity index is 1.54. The smallest absolute Gasteiger partial charge is 0.416 e.